The third kappa shape index (κ3) is 4.44. The zero-order chi connectivity index (χ0) is 24.3. The van der Waals surface area contributed by atoms with Gasteiger partial charge in [-0.2, -0.15) is 0 Å². The first-order valence-electron chi connectivity index (χ1n) is 11.3. The van der Waals surface area contributed by atoms with Crippen molar-refractivity contribution in [2.75, 3.05) is 34.4 Å². The second-order valence-corrected chi connectivity index (χ2v) is 8.57. The number of benzene rings is 2. The van der Waals surface area contributed by atoms with Crippen LogP contribution in [0.5, 0.6) is 23.0 Å². The molecule has 0 bridgehead atoms. The van der Waals surface area contributed by atoms with Gasteiger partial charge in [-0.3, -0.25) is 14.4 Å². The van der Waals surface area contributed by atoms with E-state index >= 15 is 0 Å². The average Bonchev–Trinajstić information content (AvgIpc) is 2.86. The maximum atomic E-state index is 12.9. The quantitative estimate of drug-likeness (QED) is 0.574. The number of fused-ring (bicyclic) bond motifs is 1. The molecule has 0 aliphatic carbocycles. The lowest BCUT2D eigenvalue weighted by molar-refractivity contribution is -0.134. The fourth-order valence-electron chi connectivity index (χ4n) is 4.69. The topological polar surface area (TPSA) is 91.4 Å². The molecule has 34 heavy (non-hydrogen) atoms. The summed E-state index contributed by atoms with van der Waals surface area (Å²) in [5, 5.41) is 0. The number of methoxy groups -OCH3 is 3. The Balaban J connectivity index is 1.39. The Morgan fingerprint density at radius 2 is 1.65 bits per heavy atom. The molecule has 0 radical (unpaired) electrons. The fourth-order valence-corrected chi connectivity index (χ4v) is 4.69. The first-order valence-corrected chi connectivity index (χ1v) is 11.3. The van der Waals surface area contributed by atoms with E-state index in [9.17, 15) is 14.4 Å². The second-order valence-electron chi connectivity index (χ2n) is 8.57. The molecule has 0 unspecified atom stereocenters. The molecule has 1 fully saturated rings. The van der Waals surface area contributed by atoms with Crippen LogP contribution in [0.15, 0.2) is 36.4 Å². The molecule has 8 heteroatoms. The van der Waals surface area contributed by atoms with Crippen molar-refractivity contribution in [3.8, 4) is 23.0 Å². The van der Waals surface area contributed by atoms with E-state index < -0.39 is 5.60 Å². The maximum Gasteiger partial charge on any atom is 0.223 e. The minimum absolute atomic E-state index is 0.00983. The third-order valence-electron chi connectivity index (χ3n) is 6.60. The van der Waals surface area contributed by atoms with Crippen LogP contribution in [0.4, 0.5) is 0 Å². The molecule has 2 aromatic rings. The number of ether oxygens (including phenoxy) is 4. The van der Waals surface area contributed by atoms with Crippen LogP contribution in [-0.2, 0) is 4.79 Å². The van der Waals surface area contributed by atoms with E-state index in [2.05, 4.69) is 0 Å². The molecule has 0 saturated carbocycles. The molecule has 1 saturated heterocycles. The van der Waals surface area contributed by atoms with Gasteiger partial charge in [0.25, 0.3) is 0 Å². The van der Waals surface area contributed by atoms with Crippen LogP contribution in [0.1, 0.15) is 52.8 Å². The molecular formula is C26H29NO7. The highest BCUT2D eigenvalue weighted by Gasteiger charge is 2.45. The van der Waals surface area contributed by atoms with E-state index in [4.69, 9.17) is 18.9 Å². The van der Waals surface area contributed by atoms with Gasteiger partial charge >= 0.3 is 0 Å². The van der Waals surface area contributed by atoms with Crippen molar-refractivity contribution in [2.45, 2.75) is 37.7 Å². The largest absolute Gasteiger partial charge is 0.496 e. The zero-order valence-corrected chi connectivity index (χ0v) is 19.7. The van der Waals surface area contributed by atoms with E-state index in [0.717, 1.165) is 0 Å². The second kappa shape index (κ2) is 9.75. The SMILES string of the molecule is COc1ccccc1C(=O)CCC(=O)N1CCC2(CC1)CC(=O)c1ccc(OC)c(OC)c1O2. The number of rotatable bonds is 7. The minimum atomic E-state index is -0.687. The Morgan fingerprint density at radius 3 is 2.32 bits per heavy atom. The van der Waals surface area contributed by atoms with E-state index in [0.29, 0.717) is 60.1 Å². The van der Waals surface area contributed by atoms with Crippen molar-refractivity contribution in [1.29, 1.82) is 0 Å². The van der Waals surface area contributed by atoms with Gasteiger partial charge in [0, 0.05) is 38.8 Å². The summed E-state index contributed by atoms with van der Waals surface area (Å²) >= 11 is 0. The van der Waals surface area contributed by atoms with E-state index in [1.807, 2.05) is 0 Å². The van der Waals surface area contributed by atoms with Crippen LogP contribution in [0.3, 0.4) is 0 Å². The summed E-state index contributed by atoms with van der Waals surface area (Å²) in [5.74, 6) is 1.59. The molecule has 4 rings (SSSR count). The lowest BCUT2D eigenvalue weighted by Crippen LogP contribution is -2.52. The molecule has 0 atom stereocenters. The van der Waals surface area contributed by atoms with Crippen LogP contribution >= 0.6 is 0 Å². The maximum absolute atomic E-state index is 12.9. The van der Waals surface area contributed by atoms with Gasteiger partial charge < -0.3 is 23.8 Å². The molecule has 0 N–H and O–H groups in total. The van der Waals surface area contributed by atoms with Crippen molar-refractivity contribution in [1.82, 2.24) is 4.90 Å². The van der Waals surface area contributed by atoms with Crippen molar-refractivity contribution >= 4 is 17.5 Å². The Morgan fingerprint density at radius 1 is 0.941 bits per heavy atom. The van der Waals surface area contributed by atoms with E-state index in [1.54, 1.807) is 41.3 Å². The number of Topliss-reactive ketones (excluding diaryl/α,β-unsaturated/α-hetero) is 2. The summed E-state index contributed by atoms with van der Waals surface area (Å²) in [7, 11) is 4.57. The highest BCUT2D eigenvalue weighted by Crippen LogP contribution is 2.47. The van der Waals surface area contributed by atoms with Crippen molar-refractivity contribution in [3.05, 3.63) is 47.5 Å². The third-order valence-corrected chi connectivity index (χ3v) is 6.60. The summed E-state index contributed by atoms with van der Waals surface area (Å²) in [6, 6.07) is 10.4. The van der Waals surface area contributed by atoms with Crippen molar-refractivity contribution in [2.24, 2.45) is 0 Å². The number of amides is 1. The van der Waals surface area contributed by atoms with Crippen LogP contribution in [0.25, 0.3) is 0 Å². The number of carbonyl (C=O) groups is 3. The Bertz CT molecular complexity index is 1100. The normalized spacial score (nSPS) is 16.4. The van der Waals surface area contributed by atoms with Crippen LogP contribution in [0.2, 0.25) is 0 Å². The molecule has 1 amide bonds. The van der Waals surface area contributed by atoms with Gasteiger partial charge in [0.1, 0.15) is 11.4 Å². The number of likely N-dealkylation sites (tertiary alicyclic amines) is 1. The van der Waals surface area contributed by atoms with Gasteiger partial charge in [0.15, 0.2) is 23.1 Å². The van der Waals surface area contributed by atoms with Crippen LogP contribution in [0, 0.1) is 0 Å². The monoisotopic (exact) mass is 467 g/mol. The van der Waals surface area contributed by atoms with Gasteiger partial charge in [0.2, 0.25) is 11.7 Å². The molecule has 2 heterocycles. The molecule has 2 aromatic carbocycles. The lowest BCUT2D eigenvalue weighted by atomic mass is 9.82. The molecule has 180 valence electrons. The molecule has 2 aliphatic heterocycles. The fraction of sp³-hybridized carbons (Fsp3) is 0.423. The highest BCUT2D eigenvalue weighted by molar-refractivity contribution is 6.02. The predicted octanol–water partition coefficient (Wildman–Crippen LogP) is 3.70. The van der Waals surface area contributed by atoms with Crippen LogP contribution in [-0.4, -0.2) is 62.4 Å². The molecular weight excluding hydrogens is 438 g/mol. The molecule has 2 aliphatic rings. The number of hydrogen-bond donors (Lipinski definition) is 0. The lowest BCUT2D eigenvalue weighted by Gasteiger charge is -2.44. The number of nitrogens with zero attached hydrogens (tertiary/aromatic N) is 1. The average molecular weight is 468 g/mol. The summed E-state index contributed by atoms with van der Waals surface area (Å²) in [6.07, 6.45) is 1.52. The predicted molar refractivity (Wildman–Crippen MR) is 124 cm³/mol. The van der Waals surface area contributed by atoms with Gasteiger partial charge in [-0.1, -0.05) is 12.1 Å². The molecule has 0 aromatic heterocycles. The number of piperidine rings is 1. The summed E-state index contributed by atoms with van der Waals surface area (Å²) in [6.45, 7) is 0.910. The summed E-state index contributed by atoms with van der Waals surface area (Å²) < 4.78 is 22.4. The zero-order valence-electron chi connectivity index (χ0n) is 19.7. The van der Waals surface area contributed by atoms with E-state index in [-0.39, 0.29) is 36.7 Å². The standard InChI is InChI=1S/C26H29NO7/c1-31-21-7-5-4-6-17(21)19(28)9-11-23(30)27-14-12-26(13-15-27)16-20(29)18-8-10-22(32-2)25(33-3)24(18)34-26/h4-8,10H,9,11-16H2,1-3H3. The number of carbonyl (C=O) groups excluding carboxylic acids is 3. The molecule has 8 nitrogen and oxygen atoms in total. The Hall–Kier alpha value is -3.55. The van der Waals surface area contributed by atoms with Crippen LogP contribution < -0.4 is 18.9 Å². The van der Waals surface area contributed by atoms with Crippen molar-refractivity contribution < 1.29 is 33.3 Å². The van der Waals surface area contributed by atoms with Crippen molar-refractivity contribution in [3.63, 3.8) is 0 Å². The van der Waals surface area contributed by atoms with Gasteiger partial charge in [-0.25, -0.2) is 0 Å². The Labute approximate surface area is 198 Å². The number of hydrogen-bond acceptors (Lipinski definition) is 7. The summed E-state index contributed by atoms with van der Waals surface area (Å²) in [5.41, 5.74) is 0.275. The highest BCUT2D eigenvalue weighted by atomic mass is 16.5. The van der Waals surface area contributed by atoms with Gasteiger partial charge in [-0.05, 0) is 24.3 Å². The summed E-state index contributed by atoms with van der Waals surface area (Å²) in [4.78, 5) is 40.0. The number of para-hydroxylation sites is 1. The molecule has 1 spiro atoms. The van der Waals surface area contributed by atoms with E-state index in [1.165, 1.54) is 21.3 Å². The first kappa shape index (κ1) is 23.6. The first-order chi connectivity index (χ1) is 16.4. The number of ketones is 2. The minimum Gasteiger partial charge on any atom is -0.496 e. The van der Waals surface area contributed by atoms with Gasteiger partial charge in [-0.15, -0.1) is 0 Å². The Kier molecular flexibility index (Phi) is 6.77. The smallest absolute Gasteiger partial charge is 0.223 e. The van der Waals surface area contributed by atoms with Gasteiger partial charge in [0.05, 0.1) is 38.9 Å².